The third kappa shape index (κ3) is 3.84. The van der Waals surface area contributed by atoms with Crippen LogP contribution in [-0.4, -0.2) is 46.0 Å². The predicted octanol–water partition coefficient (Wildman–Crippen LogP) is 1.63. The molecule has 0 radical (unpaired) electrons. The SMILES string of the molecule is CC(C)(C)c1nc(CC(=O)N2CCC(N)CC2)c(C(=O)O)s1. The van der Waals surface area contributed by atoms with E-state index in [1.165, 1.54) is 0 Å². The largest absolute Gasteiger partial charge is 0.477 e. The minimum Gasteiger partial charge on any atom is -0.477 e. The monoisotopic (exact) mass is 325 g/mol. The molecule has 1 aliphatic rings. The second kappa shape index (κ2) is 6.34. The minimum absolute atomic E-state index is 0.0451. The van der Waals surface area contributed by atoms with Gasteiger partial charge in [0.15, 0.2) is 0 Å². The Labute approximate surface area is 134 Å². The normalized spacial score (nSPS) is 16.8. The van der Waals surface area contributed by atoms with Crippen LogP contribution in [0.1, 0.15) is 54.0 Å². The Balaban J connectivity index is 2.16. The van der Waals surface area contributed by atoms with Crippen molar-refractivity contribution in [2.75, 3.05) is 13.1 Å². The molecule has 6 nitrogen and oxygen atoms in total. The Morgan fingerprint density at radius 1 is 1.36 bits per heavy atom. The van der Waals surface area contributed by atoms with E-state index in [1.54, 1.807) is 4.90 Å². The van der Waals surface area contributed by atoms with Crippen molar-refractivity contribution in [2.45, 2.75) is 51.5 Å². The number of carboxylic acids is 1. The van der Waals surface area contributed by atoms with E-state index in [-0.39, 0.29) is 28.7 Å². The molecule has 1 aliphatic heterocycles. The highest BCUT2D eigenvalue weighted by molar-refractivity contribution is 7.13. The van der Waals surface area contributed by atoms with Crippen LogP contribution in [0, 0.1) is 0 Å². The van der Waals surface area contributed by atoms with Crippen LogP contribution in [0.15, 0.2) is 0 Å². The van der Waals surface area contributed by atoms with Crippen molar-refractivity contribution >= 4 is 23.2 Å². The van der Waals surface area contributed by atoms with Crippen LogP contribution < -0.4 is 5.73 Å². The number of likely N-dealkylation sites (tertiary alicyclic amines) is 1. The van der Waals surface area contributed by atoms with Gasteiger partial charge >= 0.3 is 5.97 Å². The summed E-state index contributed by atoms with van der Waals surface area (Å²) in [6.07, 6.45) is 1.63. The zero-order chi connectivity index (χ0) is 16.5. The molecular weight excluding hydrogens is 302 g/mol. The molecule has 2 rings (SSSR count). The predicted molar refractivity (Wildman–Crippen MR) is 85.3 cm³/mol. The number of hydrogen-bond acceptors (Lipinski definition) is 5. The third-order valence-corrected chi connectivity index (χ3v) is 5.26. The number of nitrogens with two attached hydrogens (primary N) is 1. The van der Waals surface area contributed by atoms with Gasteiger partial charge in [-0.3, -0.25) is 4.79 Å². The van der Waals surface area contributed by atoms with E-state index in [4.69, 9.17) is 5.73 Å². The zero-order valence-electron chi connectivity index (χ0n) is 13.3. The summed E-state index contributed by atoms with van der Waals surface area (Å²) in [6.45, 7) is 7.22. The fourth-order valence-corrected chi connectivity index (χ4v) is 3.34. The first kappa shape index (κ1) is 16.9. The Morgan fingerprint density at radius 3 is 2.45 bits per heavy atom. The fraction of sp³-hybridized carbons (Fsp3) is 0.667. The molecule has 122 valence electrons. The van der Waals surface area contributed by atoms with Crippen molar-refractivity contribution < 1.29 is 14.7 Å². The van der Waals surface area contributed by atoms with Crippen LogP contribution in [0.3, 0.4) is 0 Å². The molecule has 0 atom stereocenters. The molecule has 0 spiro atoms. The first-order chi connectivity index (χ1) is 10.2. The van der Waals surface area contributed by atoms with Crippen molar-refractivity contribution in [2.24, 2.45) is 5.73 Å². The van der Waals surface area contributed by atoms with Crippen LogP contribution in [0.4, 0.5) is 0 Å². The molecule has 2 heterocycles. The quantitative estimate of drug-likeness (QED) is 0.880. The number of carboxylic acid groups (broad SMARTS) is 1. The molecular formula is C15H23N3O3S. The molecule has 7 heteroatoms. The molecule has 0 aliphatic carbocycles. The van der Waals surface area contributed by atoms with E-state index < -0.39 is 5.97 Å². The summed E-state index contributed by atoms with van der Waals surface area (Å²) in [6, 6.07) is 0.158. The highest BCUT2D eigenvalue weighted by Crippen LogP contribution is 2.30. The van der Waals surface area contributed by atoms with Gasteiger partial charge in [0.25, 0.3) is 0 Å². The number of carbonyl (C=O) groups is 2. The lowest BCUT2D eigenvalue weighted by Gasteiger charge is -2.30. The van der Waals surface area contributed by atoms with E-state index >= 15 is 0 Å². The molecule has 1 aromatic heterocycles. The maximum Gasteiger partial charge on any atom is 0.347 e. The molecule has 1 saturated heterocycles. The summed E-state index contributed by atoms with van der Waals surface area (Å²) >= 11 is 1.16. The Hall–Kier alpha value is -1.47. The summed E-state index contributed by atoms with van der Waals surface area (Å²) in [4.78, 5) is 30.1. The van der Waals surface area contributed by atoms with Crippen molar-refractivity contribution in [3.05, 3.63) is 15.6 Å². The average Bonchev–Trinajstić information content (AvgIpc) is 2.83. The topological polar surface area (TPSA) is 96.5 Å². The molecule has 0 aromatic carbocycles. The second-order valence-corrected chi connectivity index (χ2v) is 7.74. The lowest BCUT2D eigenvalue weighted by atomic mass is 9.98. The number of carbonyl (C=O) groups excluding carboxylic acids is 1. The van der Waals surface area contributed by atoms with Crippen LogP contribution in [0.5, 0.6) is 0 Å². The summed E-state index contributed by atoms with van der Waals surface area (Å²) in [5.41, 5.74) is 5.99. The molecule has 1 fully saturated rings. The summed E-state index contributed by atoms with van der Waals surface area (Å²) in [7, 11) is 0. The van der Waals surface area contributed by atoms with Gasteiger partial charge in [0.1, 0.15) is 4.88 Å². The van der Waals surface area contributed by atoms with E-state index in [0.717, 1.165) is 29.2 Å². The first-order valence-electron chi connectivity index (χ1n) is 7.45. The average molecular weight is 325 g/mol. The van der Waals surface area contributed by atoms with Gasteiger partial charge in [-0.2, -0.15) is 0 Å². The lowest BCUT2D eigenvalue weighted by Crippen LogP contribution is -2.43. The third-order valence-electron chi connectivity index (χ3n) is 3.74. The van der Waals surface area contributed by atoms with Gasteiger partial charge in [-0.05, 0) is 12.8 Å². The van der Waals surface area contributed by atoms with E-state index in [9.17, 15) is 14.7 Å². The zero-order valence-corrected chi connectivity index (χ0v) is 14.1. The van der Waals surface area contributed by atoms with Crippen LogP contribution in [0.2, 0.25) is 0 Å². The van der Waals surface area contributed by atoms with E-state index in [1.807, 2.05) is 20.8 Å². The minimum atomic E-state index is -1.02. The molecule has 0 saturated carbocycles. The fourth-order valence-electron chi connectivity index (χ4n) is 2.36. The van der Waals surface area contributed by atoms with Crippen LogP contribution in [-0.2, 0) is 16.6 Å². The molecule has 0 unspecified atom stereocenters. The maximum atomic E-state index is 12.4. The number of hydrogen-bond donors (Lipinski definition) is 2. The number of amides is 1. The standard InChI is InChI=1S/C15H23N3O3S/c1-15(2,3)14-17-10(12(22-14)13(20)21)8-11(19)18-6-4-9(16)5-7-18/h9H,4-8,16H2,1-3H3,(H,20,21). The number of aromatic nitrogens is 1. The highest BCUT2D eigenvalue weighted by Gasteiger charge is 2.27. The van der Waals surface area contributed by atoms with Gasteiger partial charge in [-0.25, -0.2) is 9.78 Å². The number of rotatable bonds is 3. The number of aromatic carboxylic acids is 1. The van der Waals surface area contributed by atoms with Gasteiger partial charge in [-0.15, -0.1) is 11.3 Å². The Bertz CT molecular complexity index is 569. The first-order valence-corrected chi connectivity index (χ1v) is 8.27. The summed E-state index contributed by atoms with van der Waals surface area (Å²) < 4.78 is 0. The Kier molecular flexibility index (Phi) is 4.87. The van der Waals surface area contributed by atoms with E-state index in [2.05, 4.69) is 4.98 Å². The van der Waals surface area contributed by atoms with Gasteiger partial charge < -0.3 is 15.7 Å². The Morgan fingerprint density at radius 2 is 1.95 bits per heavy atom. The number of thiazole rings is 1. The van der Waals surface area contributed by atoms with Gasteiger partial charge in [0.2, 0.25) is 5.91 Å². The smallest absolute Gasteiger partial charge is 0.347 e. The second-order valence-electron chi connectivity index (χ2n) is 6.74. The highest BCUT2D eigenvalue weighted by atomic mass is 32.1. The van der Waals surface area contributed by atoms with Gasteiger partial charge in [-0.1, -0.05) is 20.8 Å². The molecule has 3 N–H and O–H groups in total. The van der Waals surface area contributed by atoms with Crippen LogP contribution in [0.25, 0.3) is 0 Å². The number of piperidine rings is 1. The van der Waals surface area contributed by atoms with Gasteiger partial charge in [0, 0.05) is 24.5 Å². The van der Waals surface area contributed by atoms with Crippen LogP contribution >= 0.6 is 11.3 Å². The molecule has 1 aromatic rings. The molecule has 22 heavy (non-hydrogen) atoms. The van der Waals surface area contributed by atoms with Crippen molar-refractivity contribution in [1.82, 2.24) is 9.88 Å². The summed E-state index contributed by atoms with van der Waals surface area (Å²) in [5.74, 6) is -1.09. The summed E-state index contributed by atoms with van der Waals surface area (Å²) in [5, 5.41) is 10.1. The maximum absolute atomic E-state index is 12.4. The van der Waals surface area contributed by atoms with Crippen molar-refractivity contribution in [3.8, 4) is 0 Å². The molecule has 1 amide bonds. The lowest BCUT2D eigenvalue weighted by molar-refractivity contribution is -0.131. The van der Waals surface area contributed by atoms with E-state index in [0.29, 0.717) is 18.8 Å². The van der Waals surface area contributed by atoms with Gasteiger partial charge in [0.05, 0.1) is 17.1 Å². The molecule has 0 bridgehead atoms. The van der Waals surface area contributed by atoms with Crippen molar-refractivity contribution in [1.29, 1.82) is 0 Å². The van der Waals surface area contributed by atoms with Crippen molar-refractivity contribution in [3.63, 3.8) is 0 Å². The number of nitrogens with zero attached hydrogens (tertiary/aromatic N) is 2.